The minimum Gasteiger partial charge on any atom is -0.367 e. The monoisotopic (exact) mass is 292 g/mol. The summed E-state index contributed by atoms with van der Waals surface area (Å²) >= 11 is 8.03. The van der Waals surface area contributed by atoms with Crippen molar-refractivity contribution < 1.29 is 0 Å². The molecule has 0 aliphatic carbocycles. The number of halogens is 1. The summed E-state index contributed by atoms with van der Waals surface area (Å²) in [6.07, 6.45) is 2.03. The topological polar surface area (TPSA) is 29.3 Å². The van der Waals surface area contributed by atoms with Crippen LogP contribution in [-0.4, -0.2) is 13.1 Å². The van der Waals surface area contributed by atoms with Crippen molar-refractivity contribution in [3.05, 3.63) is 50.7 Å². The molecule has 0 fully saturated rings. The van der Waals surface area contributed by atoms with Crippen LogP contribution >= 0.6 is 22.9 Å². The molecule has 0 radical (unpaired) electrons. The summed E-state index contributed by atoms with van der Waals surface area (Å²) in [5.74, 6) is 0. The second kappa shape index (κ2) is 5.53. The molecule has 0 amide bonds. The number of anilines is 1. The lowest BCUT2D eigenvalue weighted by molar-refractivity contribution is 0.737. The standard InChI is InChI=1S/C15H17ClN2S/c16-13-2-1-11(3-6-17)14(9-13)18-7-4-15-12(10-18)5-8-19-15/h1-2,5,8-9H,3-4,6-7,10,17H2. The van der Waals surface area contributed by atoms with E-state index in [-0.39, 0.29) is 0 Å². The van der Waals surface area contributed by atoms with Gasteiger partial charge >= 0.3 is 0 Å². The first kappa shape index (κ1) is 13.0. The lowest BCUT2D eigenvalue weighted by atomic mass is 10.0. The van der Waals surface area contributed by atoms with E-state index in [1.165, 1.54) is 21.7 Å². The molecule has 2 N–H and O–H groups in total. The lowest BCUT2D eigenvalue weighted by Crippen LogP contribution is -2.30. The van der Waals surface area contributed by atoms with Crippen LogP contribution in [0.25, 0.3) is 0 Å². The Morgan fingerprint density at radius 2 is 2.21 bits per heavy atom. The van der Waals surface area contributed by atoms with Gasteiger partial charge in [-0.05, 0) is 54.1 Å². The Hall–Kier alpha value is -1.03. The summed E-state index contributed by atoms with van der Waals surface area (Å²) in [6, 6.07) is 8.37. The number of fused-ring (bicyclic) bond motifs is 1. The third-order valence-corrected chi connectivity index (χ3v) is 4.87. The molecule has 1 aliphatic heterocycles. The van der Waals surface area contributed by atoms with Crippen molar-refractivity contribution in [3.63, 3.8) is 0 Å². The van der Waals surface area contributed by atoms with Gasteiger partial charge in [0.25, 0.3) is 0 Å². The first-order chi connectivity index (χ1) is 9.28. The quantitative estimate of drug-likeness (QED) is 0.939. The van der Waals surface area contributed by atoms with E-state index in [1.807, 2.05) is 17.4 Å². The van der Waals surface area contributed by atoms with Crippen LogP contribution in [-0.2, 0) is 19.4 Å². The zero-order valence-corrected chi connectivity index (χ0v) is 12.3. The normalized spacial score (nSPS) is 14.5. The molecule has 19 heavy (non-hydrogen) atoms. The smallest absolute Gasteiger partial charge is 0.0440 e. The van der Waals surface area contributed by atoms with Crippen molar-refractivity contribution in [1.29, 1.82) is 0 Å². The average Bonchev–Trinajstić information content (AvgIpc) is 2.88. The summed E-state index contributed by atoms with van der Waals surface area (Å²) in [5, 5.41) is 2.99. The highest BCUT2D eigenvalue weighted by Crippen LogP contribution is 2.31. The van der Waals surface area contributed by atoms with Gasteiger partial charge in [0.05, 0.1) is 0 Å². The number of benzene rings is 1. The number of rotatable bonds is 3. The number of thiophene rings is 1. The second-order valence-electron chi connectivity index (χ2n) is 4.85. The van der Waals surface area contributed by atoms with E-state index < -0.39 is 0 Å². The van der Waals surface area contributed by atoms with E-state index in [2.05, 4.69) is 28.5 Å². The van der Waals surface area contributed by atoms with Crippen molar-refractivity contribution >= 4 is 28.6 Å². The van der Waals surface area contributed by atoms with Gasteiger partial charge in [0, 0.05) is 28.7 Å². The maximum Gasteiger partial charge on any atom is 0.0440 e. The third-order valence-electron chi connectivity index (χ3n) is 3.61. The fraction of sp³-hybridized carbons (Fsp3) is 0.333. The molecule has 2 heterocycles. The van der Waals surface area contributed by atoms with Crippen molar-refractivity contribution in [1.82, 2.24) is 0 Å². The van der Waals surface area contributed by atoms with Crippen molar-refractivity contribution in [2.24, 2.45) is 5.73 Å². The maximum atomic E-state index is 6.16. The molecule has 1 aromatic carbocycles. The number of nitrogens with zero attached hydrogens (tertiary/aromatic N) is 1. The Kier molecular flexibility index (Phi) is 3.78. The molecular weight excluding hydrogens is 276 g/mol. The fourth-order valence-electron chi connectivity index (χ4n) is 2.65. The van der Waals surface area contributed by atoms with Gasteiger partial charge in [0.15, 0.2) is 0 Å². The number of hydrogen-bond acceptors (Lipinski definition) is 3. The highest BCUT2D eigenvalue weighted by Gasteiger charge is 2.19. The summed E-state index contributed by atoms with van der Waals surface area (Å²) in [5.41, 5.74) is 9.70. The molecule has 0 saturated carbocycles. The Bertz CT molecular complexity index is 579. The summed E-state index contributed by atoms with van der Waals surface area (Å²) in [6.45, 7) is 2.72. The first-order valence-electron chi connectivity index (χ1n) is 6.56. The molecule has 3 rings (SSSR count). The van der Waals surface area contributed by atoms with Gasteiger partial charge in [0.2, 0.25) is 0 Å². The van der Waals surface area contributed by atoms with Gasteiger partial charge in [-0.3, -0.25) is 0 Å². The molecule has 100 valence electrons. The van der Waals surface area contributed by atoms with Crippen LogP contribution in [0.2, 0.25) is 5.02 Å². The van der Waals surface area contributed by atoms with E-state index in [0.717, 1.165) is 31.0 Å². The molecule has 0 atom stereocenters. The second-order valence-corrected chi connectivity index (χ2v) is 6.29. The molecule has 1 aromatic heterocycles. The van der Waals surface area contributed by atoms with E-state index in [4.69, 9.17) is 17.3 Å². The summed E-state index contributed by atoms with van der Waals surface area (Å²) < 4.78 is 0. The van der Waals surface area contributed by atoms with Crippen LogP contribution in [0.5, 0.6) is 0 Å². The van der Waals surface area contributed by atoms with Gasteiger partial charge in [-0.15, -0.1) is 11.3 Å². The average molecular weight is 293 g/mol. The van der Waals surface area contributed by atoms with E-state index in [1.54, 1.807) is 0 Å². The Labute approximate surface area is 122 Å². The zero-order chi connectivity index (χ0) is 13.2. The fourth-order valence-corrected chi connectivity index (χ4v) is 3.71. The summed E-state index contributed by atoms with van der Waals surface area (Å²) in [4.78, 5) is 3.95. The predicted molar refractivity (Wildman–Crippen MR) is 83.3 cm³/mol. The van der Waals surface area contributed by atoms with Crippen LogP contribution in [0.4, 0.5) is 5.69 Å². The van der Waals surface area contributed by atoms with Crippen molar-refractivity contribution in [2.75, 3.05) is 18.0 Å². The third kappa shape index (κ3) is 2.64. The number of nitrogens with two attached hydrogens (primary N) is 1. The van der Waals surface area contributed by atoms with Gasteiger partial charge in [0.1, 0.15) is 0 Å². The van der Waals surface area contributed by atoms with Crippen LogP contribution in [0, 0.1) is 0 Å². The SMILES string of the molecule is NCCc1ccc(Cl)cc1N1CCc2sccc2C1. The lowest BCUT2D eigenvalue weighted by Gasteiger charge is -2.31. The van der Waals surface area contributed by atoms with Gasteiger partial charge in [-0.2, -0.15) is 0 Å². The van der Waals surface area contributed by atoms with Crippen LogP contribution in [0.15, 0.2) is 29.6 Å². The Morgan fingerprint density at radius 3 is 3.05 bits per heavy atom. The molecule has 0 bridgehead atoms. The molecule has 0 unspecified atom stereocenters. The highest BCUT2D eigenvalue weighted by molar-refractivity contribution is 7.10. The Morgan fingerprint density at radius 1 is 1.32 bits per heavy atom. The molecule has 0 spiro atoms. The number of hydrogen-bond donors (Lipinski definition) is 1. The minimum absolute atomic E-state index is 0.673. The maximum absolute atomic E-state index is 6.16. The molecular formula is C15H17ClN2S. The molecule has 1 aliphatic rings. The zero-order valence-electron chi connectivity index (χ0n) is 10.7. The Balaban J connectivity index is 1.92. The van der Waals surface area contributed by atoms with Crippen LogP contribution < -0.4 is 10.6 Å². The minimum atomic E-state index is 0.673. The summed E-state index contributed by atoms with van der Waals surface area (Å²) in [7, 11) is 0. The van der Waals surface area contributed by atoms with E-state index >= 15 is 0 Å². The van der Waals surface area contributed by atoms with E-state index in [0.29, 0.717) is 6.54 Å². The highest BCUT2D eigenvalue weighted by atomic mass is 35.5. The predicted octanol–water partition coefficient (Wildman–Crippen LogP) is 3.47. The van der Waals surface area contributed by atoms with Crippen LogP contribution in [0.1, 0.15) is 16.0 Å². The van der Waals surface area contributed by atoms with Gasteiger partial charge < -0.3 is 10.6 Å². The van der Waals surface area contributed by atoms with E-state index in [9.17, 15) is 0 Å². The van der Waals surface area contributed by atoms with Gasteiger partial charge in [-0.25, -0.2) is 0 Å². The van der Waals surface area contributed by atoms with Gasteiger partial charge in [-0.1, -0.05) is 17.7 Å². The first-order valence-corrected chi connectivity index (χ1v) is 7.82. The molecule has 0 saturated heterocycles. The van der Waals surface area contributed by atoms with Crippen molar-refractivity contribution in [2.45, 2.75) is 19.4 Å². The molecule has 2 aromatic rings. The van der Waals surface area contributed by atoms with Crippen LogP contribution in [0.3, 0.4) is 0 Å². The van der Waals surface area contributed by atoms with Crippen molar-refractivity contribution in [3.8, 4) is 0 Å². The largest absolute Gasteiger partial charge is 0.367 e. The molecule has 4 heteroatoms. The molecule has 2 nitrogen and oxygen atoms in total.